The number of sulfonamides is 1. The highest BCUT2D eigenvalue weighted by molar-refractivity contribution is 7.98. The fourth-order valence-electron chi connectivity index (χ4n) is 2.65. The summed E-state index contributed by atoms with van der Waals surface area (Å²) in [7, 11) is -0.916. The molecule has 0 unspecified atom stereocenters. The Bertz CT molecular complexity index is 1230. The number of thioether (sulfide) groups is 1. The van der Waals surface area contributed by atoms with E-state index < -0.39 is 16.0 Å². The molecule has 1 heterocycles. The lowest BCUT2D eigenvalue weighted by Gasteiger charge is -2.13. The molecule has 6 nitrogen and oxygen atoms in total. The molecule has 3 rings (SSSR count). The van der Waals surface area contributed by atoms with Crippen molar-refractivity contribution in [1.82, 2.24) is 9.29 Å². The van der Waals surface area contributed by atoms with Crippen LogP contribution in [-0.2, 0) is 21.4 Å². The van der Waals surface area contributed by atoms with Crippen molar-refractivity contribution in [2.75, 3.05) is 20.4 Å². The first-order valence-corrected chi connectivity index (χ1v) is 12.1. The predicted molar refractivity (Wildman–Crippen MR) is 120 cm³/mol. The Morgan fingerprint density at radius 3 is 2.53 bits per heavy atom. The second kappa shape index (κ2) is 9.11. The summed E-state index contributed by atoms with van der Waals surface area (Å²) in [5.41, 5.74) is 1.23. The molecule has 0 atom stereocenters. The van der Waals surface area contributed by atoms with Gasteiger partial charge in [-0.15, -0.1) is 11.8 Å². The molecule has 0 aliphatic heterocycles. The largest absolute Gasteiger partial charge is 0.457 e. The molecule has 0 saturated heterocycles. The van der Waals surface area contributed by atoms with Crippen LogP contribution in [0.2, 0.25) is 10.2 Å². The second-order valence-electron chi connectivity index (χ2n) is 6.50. The molecule has 158 valence electrons. The topological polar surface area (TPSA) is 76.6 Å². The molecule has 0 bridgehead atoms. The van der Waals surface area contributed by atoms with Crippen LogP contribution in [0, 0.1) is 0 Å². The molecular weight excluding hydrogens is 467 g/mol. The maximum atomic E-state index is 12.6. The highest BCUT2D eigenvalue weighted by Gasteiger charge is 2.21. The van der Waals surface area contributed by atoms with E-state index in [1.165, 1.54) is 32.3 Å². The molecule has 0 amide bonds. The smallest absolute Gasteiger partial charge is 0.340 e. The molecule has 0 saturated carbocycles. The summed E-state index contributed by atoms with van der Waals surface area (Å²) in [6, 6.07) is 11.5. The van der Waals surface area contributed by atoms with Gasteiger partial charge in [-0.05, 0) is 42.7 Å². The minimum Gasteiger partial charge on any atom is -0.457 e. The third kappa shape index (κ3) is 4.73. The van der Waals surface area contributed by atoms with E-state index in [2.05, 4.69) is 4.98 Å². The number of benzene rings is 2. The van der Waals surface area contributed by atoms with Gasteiger partial charge in [0.05, 0.1) is 21.0 Å². The monoisotopic (exact) mass is 484 g/mol. The lowest BCUT2D eigenvalue weighted by atomic mass is 10.1. The molecule has 3 aromatic rings. The van der Waals surface area contributed by atoms with E-state index in [9.17, 15) is 13.2 Å². The quantitative estimate of drug-likeness (QED) is 0.282. The van der Waals surface area contributed by atoms with Gasteiger partial charge in [0.25, 0.3) is 0 Å². The van der Waals surface area contributed by atoms with Crippen molar-refractivity contribution in [1.29, 1.82) is 0 Å². The van der Waals surface area contributed by atoms with Crippen molar-refractivity contribution < 1.29 is 17.9 Å². The molecule has 2 aromatic carbocycles. The van der Waals surface area contributed by atoms with E-state index in [1.54, 1.807) is 17.8 Å². The predicted octanol–water partition coefficient (Wildman–Crippen LogP) is 4.87. The van der Waals surface area contributed by atoms with Crippen LogP contribution in [0.5, 0.6) is 0 Å². The van der Waals surface area contributed by atoms with Gasteiger partial charge in [0.15, 0.2) is 0 Å². The van der Waals surface area contributed by atoms with Crippen molar-refractivity contribution in [2.24, 2.45) is 0 Å². The van der Waals surface area contributed by atoms with E-state index in [1.807, 2.05) is 24.5 Å². The van der Waals surface area contributed by atoms with Gasteiger partial charge < -0.3 is 4.74 Å². The summed E-state index contributed by atoms with van der Waals surface area (Å²) in [6.45, 7) is -0.133. The second-order valence-corrected chi connectivity index (χ2v) is 10.3. The SMILES string of the molecule is CSc1ccc2cc(COC(=O)c3cc(S(=O)(=O)N(C)C)ccc3Cl)c(Cl)nc2c1. The van der Waals surface area contributed by atoms with Crippen LogP contribution >= 0.6 is 35.0 Å². The van der Waals surface area contributed by atoms with Gasteiger partial charge in [0.1, 0.15) is 11.8 Å². The first-order valence-electron chi connectivity index (χ1n) is 8.66. The van der Waals surface area contributed by atoms with Crippen LogP contribution in [0.1, 0.15) is 15.9 Å². The van der Waals surface area contributed by atoms with E-state index in [0.29, 0.717) is 5.56 Å². The Labute approximate surface area is 189 Å². The van der Waals surface area contributed by atoms with Crippen LogP contribution in [-0.4, -0.2) is 44.0 Å². The number of nitrogens with zero attached hydrogens (tertiary/aromatic N) is 2. The Hall–Kier alpha value is -1.84. The van der Waals surface area contributed by atoms with Crippen LogP contribution < -0.4 is 0 Å². The Morgan fingerprint density at radius 1 is 1.13 bits per heavy atom. The minimum absolute atomic E-state index is 0.0472. The van der Waals surface area contributed by atoms with Crippen molar-refractivity contribution >= 4 is 61.9 Å². The third-order valence-corrected chi connectivity index (χ3v) is 7.54. The molecule has 0 aliphatic rings. The summed E-state index contributed by atoms with van der Waals surface area (Å²) < 4.78 is 31.0. The molecule has 30 heavy (non-hydrogen) atoms. The van der Waals surface area contributed by atoms with E-state index >= 15 is 0 Å². The number of hydrogen-bond acceptors (Lipinski definition) is 6. The normalized spacial score (nSPS) is 11.8. The van der Waals surface area contributed by atoms with Crippen molar-refractivity contribution in [3.63, 3.8) is 0 Å². The van der Waals surface area contributed by atoms with Gasteiger partial charge in [-0.1, -0.05) is 29.3 Å². The van der Waals surface area contributed by atoms with Crippen LogP contribution in [0.4, 0.5) is 0 Å². The number of halogens is 2. The number of carbonyl (C=O) groups is 1. The molecule has 1 aromatic heterocycles. The number of esters is 1. The number of hydrogen-bond donors (Lipinski definition) is 0. The maximum absolute atomic E-state index is 12.6. The highest BCUT2D eigenvalue weighted by Crippen LogP contribution is 2.27. The lowest BCUT2D eigenvalue weighted by molar-refractivity contribution is 0.0472. The molecule has 0 spiro atoms. The number of rotatable bonds is 6. The van der Waals surface area contributed by atoms with Crippen molar-refractivity contribution in [3.05, 3.63) is 63.8 Å². The van der Waals surface area contributed by atoms with Crippen LogP contribution in [0.3, 0.4) is 0 Å². The Balaban J connectivity index is 1.84. The first-order chi connectivity index (χ1) is 14.1. The summed E-state index contributed by atoms with van der Waals surface area (Å²) in [6.07, 6.45) is 1.97. The molecule has 0 aliphatic carbocycles. The Morgan fingerprint density at radius 2 is 1.87 bits per heavy atom. The zero-order valence-corrected chi connectivity index (χ0v) is 19.5. The van der Waals surface area contributed by atoms with Crippen LogP contribution in [0.15, 0.2) is 52.3 Å². The lowest BCUT2D eigenvalue weighted by Crippen LogP contribution is -2.22. The Kier molecular flexibility index (Phi) is 6.94. The summed E-state index contributed by atoms with van der Waals surface area (Å²) in [5.74, 6) is -0.760. The summed E-state index contributed by atoms with van der Waals surface area (Å²) >= 11 is 14.0. The average Bonchev–Trinajstić information content (AvgIpc) is 2.71. The fourth-order valence-corrected chi connectivity index (χ4v) is 4.41. The molecular formula is C20H18Cl2N2O4S2. The van der Waals surface area contributed by atoms with Crippen molar-refractivity contribution in [3.8, 4) is 0 Å². The molecule has 10 heteroatoms. The van der Waals surface area contributed by atoms with Crippen LogP contribution in [0.25, 0.3) is 10.9 Å². The van der Waals surface area contributed by atoms with Gasteiger partial charge in [-0.3, -0.25) is 0 Å². The number of ether oxygens (including phenoxy) is 1. The first kappa shape index (κ1) is 22.8. The average molecular weight is 485 g/mol. The van der Waals surface area contributed by atoms with E-state index in [4.69, 9.17) is 27.9 Å². The van der Waals surface area contributed by atoms with Gasteiger partial charge in [-0.25, -0.2) is 22.5 Å². The van der Waals surface area contributed by atoms with E-state index in [-0.39, 0.29) is 27.2 Å². The number of fused-ring (bicyclic) bond motifs is 1. The zero-order chi connectivity index (χ0) is 22.1. The summed E-state index contributed by atoms with van der Waals surface area (Å²) in [4.78, 5) is 17.9. The minimum atomic E-state index is -3.72. The van der Waals surface area contributed by atoms with Gasteiger partial charge >= 0.3 is 5.97 Å². The third-order valence-electron chi connectivity index (χ3n) is 4.35. The molecule has 0 N–H and O–H groups in total. The van der Waals surface area contributed by atoms with Gasteiger partial charge in [0.2, 0.25) is 10.0 Å². The fraction of sp³-hybridized carbons (Fsp3) is 0.200. The molecule has 0 radical (unpaired) electrons. The zero-order valence-electron chi connectivity index (χ0n) is 16.3. The van der Waals surface area contributed by atoms with Crippen molar-refractivity contribution in [2.45, 2.75) is 16.4 Å². The standard InChI is InChI=1S/C20H18Cl2N2O4S2/c1-24(2)30(26,27)15-6-7-17(21)16(10-15)20(25)28-11-13-8-12-4-5-14(29-3)9-18(12)23-19(13)22/h4-10H,11H2,1-3H3. The summed E-state index contributed by atoms with van der Waals surface area (Å²) in [5, 5.41) is 1.17. The molecule has 0 fully saturated rings. The number of pyridine rings is 1. The van der Waals surface area contributed by atoms with Gasteiger partial charge in [-0.2, -0.15) is 0 Å². The highest BCUT2D eigenvalue weighted by atomic mass is 35.5. The maximum Gasteiger partial charge on any atom is 0.340 e. The number of carbonyl (C=O) groups excluding carboxylic acids is 1. The number of aromatic nitrogens is 1. The van der Waals surface area contributed by atoms with E-state index in [0.717, 1.165) is 20.1 Å². The van der Waals surface area contributed by atoms with Gasteiger partial charge in [0, 0.05) is 29.9 Å².